The predicted molar refractivity (Wildman–Crippen MR) is 57.7 cm³/mol. The monoisotopic (exact) mass is 221 g/mol. The van der Waals surface area contributed by atoms with Crippen molar-refractivity contribution in [2.75, 3.05) is 0 Å². The highest BCUT2D eigenvalue weighted by molar-refractivity contribution is 7.94. The van der Waals surface area contributed by atoms with Crippen LogP contribution < -0.4 is 0 Å². The Bertz CT molecular complexity index is 519. The molecule has 0 spiro atoms. The Morgan fingerprint density at radius 2 is 1.87 bits per heavy atom. The molecule has 0 aliphatic rings. The van der Waals surface area contributed by atoms with Gasteiger partial charge in [0.15, 0.2) is 0 Å². The summed E-state index contributed by atoms with van der Waals surface area (Å²) in [5.74, 6) is 0. The van der Waals surface area contributed by atoms with Crippen molar-refractivity contribution in [2.24, 2.45) is 0 Å². The summed E-state index contributed by atoms with van der Waals surface area (Å²) in [6.45, 7) is 3.35. The molecular weight excluding hydrogens is 210 g/mol. The number of nitriles is 1. The second-order valence-corrected chi connectivity index (χ2v) is 5.07. The maximum atomic E-state index is 11.7. The molecule has 0 radical (unpaired) electrons. The number of hydrogen-bond donors (Lipinski definition) is 0. The quantitative estimate of drug-likeness (QED) is 0.719. The molecule has 0 saturated carbocycles. The predicted octanol–water partition coefficient (Wildman–Crippen LogP) is 2.20. The van der Waals surface area contributed by atoms with Crippen molar-refractivity contribution in [3.8, 4) is 6.07 Å². The first kappa shape index (κ1) is 11.5. The summed E-state index contributed by atoms with van der Waals surface area (Å²) >= 11 is 0. The second kappa shape index (κ2) is 4.28. The lowest BCUT2D eigenvalue weighted by Gasteiger charge is -1.99. The molecule has 1 aromatic rings. The van der Waals surface area contributed by atoms with Crippen LogP contribution in [0.25, 0.3) is 0 Å². The van der Waals surface area contributed by atoms with E-state index in [9.17, 15) is 8.42 Å². The van der Waals surface area contributed by atoms with E-state index in [2.05, 4.69) is 0 Å². The smallest absolute Gasteiger partial charge is 0.200 e. The van der Waals surface area contributed by atoms with E-state index in [0.717, 1.165) is 11.0 Å². The topological polar surface area (TPSA) is 57.9 Å². The van der Waals surface area contributed by atoms with Crippen LogP contribution in [0.5, 0.6) is 0 Å². The molecule has 1 rings (SSSR count). The van der Waals surface area contributed by atoms with Crippen LogP contribution in [-0.2, 0) is 9.84 Å². The Balaban J connectivity index is 3.20. The Hall–Kier alpha value is -1.60. The first-order chi connectivity index (χ1) is 6.95. The summed E-state index contributed by atoms with van der Waals surface area (Å²) in [5.41, 5.74) is 1.17. The maximum absolute atomic E-state index is 11.7. The summed E-state index contributed by atoms with van der Waals surface area (Å²) in [5, 5.41) is 9.49. The van der Waals surface area contributed by atoms with E-state index in [1.807, 2.05) is 6.92 Å². The highest BCUT2D eigenvalue weighted by atomic mass is 32.2. The number of benzene rings is 1. The van der Waals surface area contributed by atoms with Crippen LogP contribution in [0.15, 0.2) is 40.1 Å². The SMILES string of the molecule is C/C(C#N)=C/S(=O)(=O)c1ccc(C)cc1. The lowest BCUT2D eigenvalue weighted by molar-refractivity contribution is 0.604. The van der Waals surface area contributed by atoms with Crippen molar-refractivity contribution in [3.63, 3.8) is 0 Å². The average molecular weight is 221 g/mol. The fraction of sp³-hybridized carbons (Fsp3) is 0.182. The largest absolute Gasteiger partial charge is 0.219 e. The van der Waals surface area contributed by atoms with Gasteiger partial charge in [0.2, 0.25) is 9.84 Å². The maximum Gasteiger partial charge on any atom is 0.200 e. The van der Waals surface area contributed by atoms with Gasteiger partial charge in [-0.2, -0.15) is 5.26 Å². The van der Waals surface area contributed by atoms with E-state index in [1.165, 1.54) is 19.1 Å². The van der Waals surface area contributed by atoms with Gasteiger partial charge in [0.25, 0.3) is 0 Å². The minimum atomic E-state index is -3.47. The highest BCUT2D eigenvalue weighted by Crippen LogP contribution is 2.14. The van der Waals surface area contributed by atoms with Crippen molar-refractivity contribution in [1.29, 1.82) is 5.26 Å². The first-order valence-corrected chi connectivity index (χ1v) is 5.90. The molecule has 0 heterocycles. The molecule has 0 atom stereocenters. The van der Waals surface area contributed by atoms with E-state index >= 15 is 0 Å². The zero-order valence-electron chi connectivity index (χ0n) is 8.56. The number of hydrogen-bond acceptors (Lipinski definition) is 3. The molecule has 78 valence electrons. The molecule has 0 N–H and O–H groups in total. The van der Waals surface area contributed by atoms with E-state index in [0.29, 0.717) is 0 Å². The second-order valence-electron chi connectivity index (χ2n) is 3.27. The van der Waals surface area contributed by atoms with E-state index in [1.54, 1.807) is 18.2 Å². The van der Waals surface area contributed by atoms with Gasteiger partial charge in [-0.05, 0) is 26.0 Å². The summed E-state index contributed by atoms with van der Waals surface area (Å²) in [6, 6.07) is 8.30. The van der Waals surface area contributed by atoms with E-state index in [4.69, 9.17) is 5.26 Å². The van der Waals surface area contributed by atoms with Gasteiger partial charge < -0.3 is 0 Å². The average Bonchev–Trinajstić information content (AvgIpc) is 2.17. The molecule has 0 unspecified atom stereocenters. The summed E-state index contributed by atoms with van der Waals surface area (Å²) in [7, 11) is -3.47. The number of sulfone groups is 1. The van der Waals surface area contributed by atoms with Gasteiger partial charge in [0, 0.05) is 11.0 Å². The lowest BCUT2D eigenvalue weighted by atomic mass is 10.2. The minimum absolute atomic E-state index is 0.176. The van der Waals surface area contributed by atoms with Crippen LogP contribution >= 0.6 is 0 Å². The van der Waals surface area contributed by atoms with E-state index < -0.39 is 9.84 Å². The number of aryl methyl sites for hydroxylation is 1. The third-order valence-corrected chi connectivity index (χ3v) is 3.45. The van der Waals surface area contributed by atoms with Gasteiger partial charge >= 0.3 is 0 Å². The first-order valence-electron chi connectivity index (χ1n) is 4.36. The Kier molecular flexibility index (Phi) is 3.28. The van der Waals surface area contributed by atoms with Crippen LogP contribution in [0.2, 0.25) is 0 Å². The summed E-state index contributed by atoms with van der Waals surface area (Å²) in [6.07, 6.45) is 0. The minimum Gasteiger partial charge on any atom is -0.219 e. The van der Waals surface area contributed by atoms with Gasteiger partial charge in [-0.25, -0.2) is 8.42 Å². The zero-order valence-corrected chi connectivity index (χ0v) is 9.38. The van der Waals surface area contributed by atoms with Gasteiger partial charge in [-0.15, -0.1) is 0 Å². The molecule has 0 aliphatic heterocycles. The molecule has 0 bridgehead atoms. The fourth-order valence-electron chi connectivity index (χ4n) is 1.06. The highest BCUT2D eigenvalue weighted by Gasteiger charge is 2.10. The molecule has 4 heteroatoms. The van der Waals surface area contributed by atoms with Crippen molar-refractivity contribution >= 4 is 9.84 Å². The molecule has 1 aromatic carbocycles. The molecular formula is C11H11NO2S. The third kappa shape index (κ3) is 2.93. The van der Waals surface area contributed by atoms with Crippen molar-refractivity contribution in [3.05, 3.63) is 40.8 Å². The third-order valence-electron chi connectivity index (χ3n) is 1.86. The summed E-state index contributed by atoms with van der Waals surface area (Å²) in [4.78, 5) is 0.211. The van der Waals surface area contributed by atoms with Crippen LogP contribution in [-0.4, -0.2) is 8.42 Å². The van der Waals surface area contributed by atoms with Gasteiger partial charge in [0.1, 0.15) is 0 Å². The molecule has 0 aliphatic carbocycles. The molecule has 15 heavy (non-hydrogen) atoms. The van der Waals surface area contributed by atoms with Gasteiger partial charge in [-0.1, -0.05) is 17.7 Å². The molecule has 0 saturated heterocycles. The van der Waals surface area contributed by atoms with Crippen LogP contribution in [0.3, 0.4) is 0 Å². The van der Waals surface area contributed by atoms with Crippen LogP contribution in [0.1, 0.15) is 12.5 Å². The lowest BCUT2D eigenvalue weighted by Crippen LogP contribution is -1.97. The van der Waals surface area contributed by atoms with Crippen molar-refractivity contribution < 1.29 is 8.42 Å². The Morgan fingerprint density at radius 1 is 1.33 bits per heavy atom. The molecule has 0 amide bonds. The van der Waals surface area contributed by atoms with Crippen LogP contribution in [0, 0.1) is 18.3 Å². The zero-order chi connectivity index (χ0) is 11.5. The normalized spacial score (nSPS) is 12.2. The molecule has 3 nitrogen and oxygen atoms in total. The number of rotatable bonds is 2. The van der Waals surface area contributed by atoms with Crippen molar-refractivity contribution in [1.82, 2.24) is 0 Å². The summed E-state index contributed by atoms with van der Waals surface area (Å²) < 4.78 is 23.4. The Labute approximate surface area is 89.6 Å². The van der Waals surface area contributed by atoms with E-state index in [-0.39, 0.29) is 10.5 Å². The Morgan fingerprint density at radius 3 is 2.33 bits per heavy atom. The number of nitrogens with zero attached hydrogens (tertiary/aromatic N) is 1. The molecule has 0 fully saturated rings. The van der Waals surface area contributed by atoms with Crippen molar-refractivity contribution in [2.45, 2.75) is 18.7 Å². The standard InChI is InChI=1S/C11H11NO2S/c1-9-3-5-11(6-4-9)15(13,14)8-10(2)7-12/h3-6,8H,1-2H3/b10-8-. The van der Waals surface area contributed by atoms with Gasteiger partial charge in [0.05, 0.1) is 11.0 Å². The van der Waals surface area contributed by atoms with Gasteiger partial charge in [-0.3, -0.25) is 0 Å². The fourth-order valence-corrected chi connectivity index (χ4v) is 2.22. The molecule has 0 aromatic heterocycles. The van der Waals surface area contributed by atoms with Crippen LogP contribution in [0.4, 0.5) is 0 Å². The number of allylic oxidation sites excluding steroid dienone is 1.